The Morgan fingerprint density at radius 3 is 3.11 bits per heavy atom. The van der Waals surface area contributed by atoms with E-state index in [2.05, 4.69) is 15.1 Å². The Kier molecular flexibility index (Phi) is 3.35. The molecule has 9 nitrogen and oxygen atoms in total. The fourth-order valence-electron chi connectivity index (χ4n) is 4.23. The van der Waals surface area contributed by atoms with Gasteiger partial charge in [-0.1, -0.05) is 18.2 Å². The van der Waals surface area contributed by atoms with Crippen molar-refractivity contribution in [2.75, 3.05) is 19.7 Å². The number of nitrogens with zero attached hydrogens (tertiary/aromatic N) is 4. The van der Waals surface area contributed by atoms with Crippen LogP contribution in [0.4, 0.5) is 0 Å². The average molecular weight is 367 g/mol. The van der Waals surface area contributed by atoms with E-state index in [0.29, 0.717) is 31.1 Å². The summed E-state index contributed by atoms with van der Waals surface area (Å²) < 4.78 is 7.04. The highest BCUT2D eigenvalue weighted by atomic mass is 16.5. The van der Waals surface area contributed by atoms with Gasteiger partial charge < -0.3 is 9.84 Å². The van der Waals surface area contributed by atoms with Crippen LogP contribution in [0, 0.1) is 5.41 Å². The van der Waals surface area contributed by atoms with Crippen LogP contribution in [0.25, 0.3) is 5.78 Å². The van der Waals surface area contributed by atoms with Crippen molar-refractivity contribution in [2.24, 2.45) is 5.41 Å². The smallest absolute Gasteiger partial charge is 0.315 e. The first kappa shape index (κ1) is 16.0. The van der Waals surface area contributed by atoms with E-state index in [1.807, 2.05) is 29.2 Å². The van der Waals surface area contributed by atoms with Crippen LogP contribution >= 0.6 is 0 Å². The van der Waals surface area contributed by atoms with Crippen molar-refractivity contribution in [3.05, 3.63) is 58.3 Å². The maximum absolute atomic E-state index is 12.2. The summed E-state index contributed by atoms with van der Waals surface area (Å²) in [7, 11) is 0. The number of rotatable bonds is 3. The van der Waals surface area contributed by atoms with E-state index in [1.54, 1.807) is 0 Å². The van der Waals surface area contributed by atoms with Gasteiger partial charge in [-0.2, -0.15) is 4.52 Å². The summed E-state index contributed by atoms with van der Waals surface area (Å²) in [6.45, 7) is 1.42. The fraction of sp³-hybridized carbons (Fsp3) is 0.333. The summed E-state index contributed by atoms with van der Waals surface area (Å²) in [5.74, 6) is 0.0155. The Labute approximate surface area is 153 Å². The topological polar surface area (TPSA) is 113 Å². The van der Waals surface area contributed by atoms with Gasteiger partial charge in [0.15, 0.2) is 0 Å². The molecule has 1 fully saturated rings. The minimum atomic E-state index is -1.00. The van der Waals surface area contributed by atoms with Crippen LogP contribution in [0.1, 0.15) is 17.2 Å². The molecule has 2 aliphatic heterocycles. The molecule has 0 saturated carbocycles. The maximum Gasteiger partial charge on any atom is 0.315 e. The number of fused-ring (bicyclic) bond motifs is 4. The number of hydrogen-bond donors (Lipinski definition) is 2. The SMILES string of the molecule is O=C(O)[C@]12COc3ccccc3[C@H]1CN(Cc1cc(=O)n3[nH]cnc3n1)C2. The molecule has 9 heteroatoms. The second-order valence-corrected chi connectivity index (χ2v) is 7.12. The average Bonchev–Trinajstić information content (AvgIpc) is 3.27. The first-order valence-electron chi connectivity index (χ1n) is 8.66. The van der Waals surface area contributed by atoms with E-state index in [1.165, 1.54) is 16.9 Å². The van der Waals surface area contributed by atoms with Crippen LogP contribution in [0.15, 0.2) is 41.5 Å². The summed E-state index contributed by atoms with van der Waals surface area (Å²) >= 11 is 0. The molecule has 1 saturated heterocycles. The van der Waals surface area contributed by atoms with Crippen molar-refractivity contribution in [1.29, 1.82) is 0 Å². The van der Waals surface area contributed by atoms with E-state index in [0.717, 1.165) is 11.3 Å². The third kappa shape index (κ3) is 2.35. The molecule has 1 aromatic carbocycles. The van der Waals surface area contributed by atoms with E-state index in [-0.39, 0.29) is 18.1 Å². The highest BCUT2D eigenvalue weighted by molar-refractivity contribution is 5.78. The van der Waals surface area contributed by atoms with Crippen LogP contribution in [-0.4, -0.2) is 55.3 Å². The van der Waals surface area contributed by atoms with Gasteiger partial charge in [0.2, 0.25) is 0 Å². The largest absolute Gasteiger partial charge is 0.492 e. The quantitative estimate of drug-likeness (QED) is 0.692. The lowest BCUT2D eigenvalue weighted by Gasteiger charge is -2.35. The number of aromatic nitrogens is 4. The summed E-state index contributed by atoms with van der Waals surface area (Å²) in [5, 5.41) is 12.7. The fourth-order valence-corrected chi connectivity index (χ4v) is 4.23. The van der Waals surface area contributed by atoms with Gasteiger partial charge in [0.1, 0.15) is 24.1 Å². The van der Waals surface area contributed by atoms with Gasteiger partial charge in [0, 0.05) is 31.6 Å². The van der Waals surface area contributed by atoms with Gasteiger partial charge in [-0.25, -0.2) is 9.97 Å². The Bertz CT molecular complexity index is 1110. The number of benzene rings is 1. The highest BCUT2D eigenvalue weighted by Gasteiger charge is 2.56. The van der Waals surface area contributed by atoms with Crippen molar-refractivity contribution in [3.8, 4) is 5.75 Å². The molecule has 27 heavy (non-hydrogen) atoms. The second-order valence-electron chi connectivity index (χ2n) is 7.12. The Morgan fingerprint density at radius 1 is 1.41 bits per heavy atom. The minimum Gasteiger partial charge on any atom is -0.492 e. The molecule has 2 aliphatic rings. The number of likely N-dealkylation sites (tertiary alicyclic amines) is 1. The van der Waals surface area contributed by atoms with E-state index >= 15 is 0 Å². The lowest BCUT2D eigenvalue weighted by Crippen LogP contribution is -2.45. The molecule has 0 aliphatic carbocycles. The van der Waals surface area contributed by atoms with Crippen molar-refractivity contribution in [1.82, 2.24) is 24.5 Å². The monoisotopic (exact) mass is 367 g/mol. The van der Waals surface area contributed by atoms with Gasteiger partial charge >= 0.3 is 5.97 Å². The van der Waals surface area contributed by atoms with Crippen molar-refractivity contribution >= 4 is 11.7 Å². The Hall–Kier alpha value is -3.20. The zero-order valence-electron chi connectivity index (χ0n) is 14.3. The third-order valence-corrected chi connectivity index (χ3v) is 5.53. The molecule has 0 unspecified atom stereocenters. The zero-order valence-corrected chi connectivity index (χ0v) is 14.3. The first-order chi connectivity index (χ1) is 13.1. The number of hydrogen-bond acceptors (Lipinski definition) is 6. The van der Waals surface area contributed by atoms with Gasteiger partial charge in [0.05, 0.1) is 5.69 Å². The molecule has 5 rings (SSSR count). The Balaban J connectivity index is 1.49. The summed E-state index contributed by atoms with van der Waals surface area (Å²) in [4.78, 5) is 34.7. The molecule has 2 N–H and O–H groups in total. The van der Waals surface area contributed by atoms with Crippen LogP contribution in [0.3, 0.4) is 0 Å². The standard InChI is InChI=1S/C18H17N5O4/c24-15-5-11(21-17-19-10-20-23(15)17)6-22-7-13-12-3-1-2-4-14(12)27-9-18(13,8-22)16(25)26/h1-5,10,13H,6-9H2,(H,25,26)(H,19,20,21)/t13-,18-/m1/s1. The highest BCUT2D eigenvalue weighted by Crippen LogP contribution is 2.49. The van der Waals surface area contributed by atoms with E-state index in [9.17, 15) is 14.7 Å². The molecule has 0 amide bonds. The van der Waals surface area contributed by atoms with Crippen LogP contribution < -0.4 is 10.3 Å². The number of aliphatic carboxylic acids is 1. The number of nitrogens with one attached hydrogen (secondary N) is 1. The predicted octanol–water partition coefficient (Wildman–Crippen LogP) is 0.480. The number of H-pyrrole nitrogens is 1. The third-order valence-electron chi connectivity index (χ3n) is 5.53. The zero-order chi connectivity index (χ0) is 18.6. The normalized spacial score (nSPS) is 24.4. The van der Waals surface area contributed by atoms with Gasteiger partial charge in [0.25, 0.3) is 11.3 Å². The van der Waals surface area contributed by atoms with E-state index in [4.69, 9.17) is 4.74 Å². The second kappa shape index (κ2) is 5.65. The molecule has 2 aromatic heterocycles. The lowest BCUT2D eigenvalue weighted by atomic mass is 9.73. The number of aromatic amines is 1. The number of carbonyl (C=O) groups is 1. The Morgan fingerprint density at radius 2 is 2.26 bits per heavy atom. The van der Waals surface area contributed by atoms with Gasteiger partial charge in [-0.15, -0.1) is 0 Å². The van der Waals surface area contributed by atoms with E-state index < -0.39 is 11.4 Å². The molecule has 3 aromatic rings. The summed E-state index contributed by atoms with van der Waals surface area (Å²) in [5.41, 5.74) is 0.246. The number of carboxylic acid groups (broad SMARTS) is 1. The predicted molar refractivity (Wildman–Crippen MR) is 93.6 cm³/mol. The van der Waals surface area contributed by atoms with Crippen LogP contribution in [0.5, 0.6) is 5.75 Å². The molecule has 138 valence electrons. The molecule has 2 atom stereocenters. The summed E-state index contributed by atoms with van der Waals surface area (Å²) in [6.07, 6.45) is 1.41. The van der Waals surface area contributed by atoms with Gasteiger partial charge in [-0.05, 0) is 11.6 Å². The van der Waals surface area contributed by atoms with Crippen molar-refractivity contribution in [3.63, 3.8) is 0 Å². The number of carboxylic acids is 1. The van der Waals surface area contributed by atoms with Crippen molar-refractivity contribution < 1.29 is 14.6 Å². The molecular formula is C18H17N5O4. The molecular weight excluding hydrogens is 350 g/mol. The molecule has 0 spiro atoms. The number of ether oxygens (including phenoxy) is 1. The first-order valence-corrected chi connectivity index (χ1v) is 8.66. The number of para-hydroxylation sites is 1. The van der Waals surface area contributed by atoms with Gasteiger partial charge in [-0.3, -0.25) is 19.6 Å². The maximum atomic E-state index is 12.2. The molecule has 4 heterocycles. The molecule has 0 bridgehead atoms. The van der Waals surface area contributed by atoms with Crippen molar-refractivity contribution in [2.45, 2.75) is 12.5 Å². The lowest BCUT2D eigenvalue weighted by molar-refractivity contribution is -0.151. The summed E-state index contributed by atoms with van der Waals surface area (Å²) in [6, 6.07) is 9.04. The van der Waals surface area contributed by atoms with Crippen LogP contribution in [0.2, 0.25) is 0 Å². The molecule has 0 radical (unpaired) electrons. The van der Waals surface area contributed by atoms with Crippen LogP contribution in [-0.2, 0) is 11.3 Å². The minimum absolute atomic E-state index is 0.134.